The molecule has 0 radical (unpaired) electrons. The Labute approximate surface area is 147 Å². The van der Waals surface area contributed by atoms with E-state index in [0.717, 1.165) is 16.7 Å². The summed E-state index contributed by atoms with van der Waals surface area (Å²) >= 11 is 0. The van der Waals surface area contributed by atoms with Crippen LogP contribution in [0.25, 0.3) is 0 Å². The first kappa shape index (κ1) is 18.8. The van der Waals surface area contributed by atoms with Crippen molar-refractivity contribution >= 4 is 17.9 Å². The number of hydrogen-bond donors (Lipinski definition) is 1. The van der Waals surface area contributed by atoms with Crippen LogP contribution < -0.4 is 10.1 Å². The zero-order valence-electron chi connectivity index (χ0n) is 15.3. The van der Waals surface area contributed by atoms with Crippen LogP contribution in [0.1, 0.15) is 37.5 Å². The summed E-state index contributed by atoms with van der Waals surface area (Å²) in [7, 11) is 0. The molecule has 0 atom stereocenters. The van der Waals surface area contributed by atoms with Gasteiger partial charge in [-0.1, -0.05) is 12.1 Å². The van der Waals surface area contributed by atoms with Crippen molar-refractivity contribution in [3.8, 4) is 5.75 Å². The number of nitrogens with one attached hydrogen (secondary N) is 1. The smallest absolute Gasteiger partial charge is 0.349 e. The van der Waals surface area contributed by atoms with E-state index in [9.17, 15) is 14.4 Å². The minimum atomic E-state index is -1.11. The van der Waals surface area contributed by atoms with Crippen molar-refractivity contribution in [2.75, 3.05) is 13.2 Å². The normalized spacial score (nSPS) is 14.5. The van der Waals surface area contributed by atoms with Crippen LogP contribution in [0.4, 0.5) is 4.79 Å². The highest BCUT2D eigenvalue weighted by Crippen LogP contribution is 2.29. The highest BCUT2D eigenvalue weighted by Gasteiger charge is 2.33. The number of esters is 1. The molecule has 0 spiro atoms. The fraction of sp³-hybridized carbons (Fsp3) is 0.500. The first-order valence-electron chi connectivity index (χ1n) is 8.20. The van der Waals surface area contributed by atoms with Gasteiger partial charge in [-0.3, -0.25) is 9.69 Å². The molecule has 0 unspecified atom stereocenters. The summed E-state index contributed by atoms with van der Waals surface area (Å²) in [6.07, 6.45) is 0. The number of aryl methyl sites for hydroxylation is 2. The molecule has 7 heteroatoms. The molecule has 1 N–H and O–H groups in total. The van der Waals surface area contributed by atoms with Gasteiger partial charge in [0, 0.05) is 0 Å². The third-order valence-electron chi connectivity index (χ3n) is 3.92. The maximum absolute atomic E-state index is 12.0. The molecule has 1 aromatic carbocycles. The van der Waals surface area contributed by atoms with Gasteiger partial charge in [-0.15, -0.1) is 0 Å². The van der Waals surface area contributed by atoms with Gasteiger partial charge in [0.15, 0.2) is 5.60 Å². The van der Waals surface area contributed by atoms with Crippen molar-refractivity contribution in [1.29, 1.82) is 0 Å². The second kappa shape index (κ2) is 7.13. The second-order valence-electron chi connectivity index (χ2n) is 6.53. The van der Waals surface area contributed by atoms with E-state index in [1.165, 1.54) is 4.90 Å². The van der Waals surface area contributed by atoms with Crippen molar-refractivity contribution in [3.05, 3.63) is 28.8 Å². The topological polar surface area (TPSA) is 84.9 Å². The third kappa shape index (κ3) is 4.10. The number of urea groups is 1. The Bertz CT molecular complexity index is 672. The van der Waals surface area contributed by atoms with Gasteiger partial charge in [0.25, 0.3) is 0 Å². The Morgan fingerprint density at radius 2 is 1.84 bits per heavy atom. The van der Waals surface area contributed by atoms with Crippen LogP contribution in [0.3, 0.4) is 0 Å². The molecule has 0 aliphatic carbocycles. The summed E-state index contributed by atoms with van der Waals surface area (Å²) in [5.41, 5.74) is 1.35. The van der Waals surface area contributed by atoms with Gasteiger partial charge in [0.05, 0.1) is 19.7 Å². The summed E-state index contributed by atoms with van der Waals surface area (Å²) in [5.74, 6) is -0.0831. The zero-order chi connectivity index (χ0) is 18.8. The van der Waals surface area contributed by atoms with E-state index in [4.69, 9.17) is 9.47 Å². The fourth-order valence-electron chi connectivity index (χ4n) is 2.69. The van der Waals surface area contributed by atoms with E-state index < -0.39 is 11.6 Å². The van der Waals surface area contributed by atoms with E-state index >= 15 is 0 Å². The molecule has 1 aliphatic heterocycles. The Morgan fingerprint density at radius 1 is 1.24 bits per heavy atom. The number of nitrogens with zero attached hydrogens (tertiary/aromatic N) is 1. The maximum atomic E-state index is 12.0. The van der Waals surface area contributed by atoms with Crippen LogP contribution in [0.2, 0.25) is 0 Å². The molecule has 1 fully saturated rings. The van der Waals surface area contributed by atoms with Crippen molar-refractivity contribution in [1.82, 2.24) is 10.2 Å². The van der Waals surface area contributed by atoms with Crippen LogP contribution in [0, 0.1) is 13.8 Å². The largest absolute Gasteiger partial charge is 0.476 e. The molecule has 7 nitrogen and oxygen atoms in total. The highest BCUT2D eigenvalue weighted by atomic mass is 16.6. The number of amides is 3. The SMILES string of the molecule is CCOC(=O)C(C)(C)Oc1c(C)cc(CN2C(=O)CNC2=O)cc1C. The number of carbonyl (C=O) groups excluding carboxylic acids is 3. The molecule has 136 valence electrons. The molecule has 0 saturated carbocycles. The number of carbonyl (C=O) groups is 3. The number of ether oxygens (including phenoxy) is 2. The Morgan fingerprint density at radius 3 is 2.32 bits per heavy atom. The second-order valence-corrected chi connectivity index (χ2v) is 6.53. The van der Waals surface area contributed by atoms with E-state index in [-0.39, 0.29) is 31.6 Å². The van der Waals surface area contributed by atoms with Crippen molar-refractivity contribution in [2.45, 2.75) is 46.8 Å². The fourth-order valence-corrected chi connectivity index (χ4v) is 2.69. The molecule has 2 rings (SSSR count). The Kier molecular flexibility index (Phi) is 5.35. The lowest BCUT2D eigenvalue weighted by Gasteiger charge is -2.26. The molecule has 0 bridgehead atoms. The van der Waals surface area contributed by atoms with Crippen molar-refractivity contribution in [2.24, 2.45) is 0 Å². The average Bonchev–Trinajstić information content (AvgIpc) is 2.83. The van der Waals surface area contributed by atoms with Gasteiger partial charge < -0.3 is 14.8 Å². The van der Waals surface area contributed by atoms with E-state index in [2.05, 4.69) is 5.32 Å². The predicted octanol–water partition coefficient (Wildman–Crippen LogP) is 2.08. The van der Waals surface area contributed by atoms with E-state index in [0.29, 0.717) is 5.75 Å². The summed E-state index contributed by atoms with van der Waals surface area (Å²) in [4.78, 5) is 36.6. The molecule has 0 aromatic heterocycles. The number of hydrogen-bond acceptors (Lipinski definition) is 5. The number of imide groups is 1. The summed E-state index contributed by atoms with van der Waals surface area (Å²) < 4.78 is 11.0. The lowest BCUT2D eigenvalue weighted by molar-refractivity contribution is -0.158. The molecule has 1 saturated heterocycles. The number of rotatable bonds is 6. The number of benzene rings is 1. The monoisotopic (exact) mass is 348 g/mol. The first-order chi connectivity index (χ1) is 11.7. The first-order valence-corrected chi connectivity index (χ1v) is 8.20. The predicted molar refractivity (Wildman–Crippen MR) is 91.2 cm³/mol. The van der Waals surface area contributed by atoms with Crippen LogP contribution in [-0.2, 0) is 20.9 Å². The van der Waals surface area contributed by atoms with Crippen molar-refractivity contribution < 1.29 is 23.9 Å². The minimum Gasteiger partial charge on any atom is -0.476 e. The molecular formula is C18H24N2O5. The average molecular weight is 348 g/mol. The molecule has 1 heterocycles. The molecule has 25 heavy (non-hydrogen) atoms. The minimum absolute atomic E-state index is 0.0335. The summed E-state index contributed by atoms with van der Waals surface area (Å²) in [6, 6.07) is 3.31. The van der Waals surface area contributed by atoms with Crippen molar-refractivity contribution in [3.63, 3.8) is 0 Å². The van der Waals surface area contributed by atoms with Gasteiger partial charge in [-0.25, -0.2) is 9.59 Å². The van der Waals surface area contributed by atoms with E-state index in [1.807, 2.05) is 26.0 Å². The third-order valence-corrected chi connectivity index (χ3v) is 3.92. The summed E-state index contributed by atoms with van der Waals surface area (Å²) in [5, 5.41) is 2.50. The van der Waals surface area contributed by atoms with Crippen LogP contribution in [0.15, 0.2) is 12.1 Å². The summed E-state index contributed by atoms with van der Waals surface area (Å²) in [6.45, 7) is 9.30. The van der Waals surface area contributed by atoms with Gasteiger partial charge in [-0.05, 0) is 51.3 Å². The van der Waals surface area contributed by atoms with Crippen LogP contribution in [-0.4, -0.2) is 41.6 Å². The zero-order valence-corrected chi connectivity index (χ0v) is 15.3. The standard InChI is InChI=1S/C18H24N2O5/c1-6-24-16(22)18(4,5)25-15-11(2)7-13(8-12(15)3)10-20-14(21)9-19-17(20)23/h7-8H,6,9-10H2,1-5H3,(H,19,23). The lowest BCUT2D eigenvalue weighted by atomic mass is 10.0. The molecule has 1 aliphatic rings. The van der Waals surface area contributed by atoms with Gasteiger partial charge in [0.1, 0.15) is 5.75 Å². The molecular weight excluding hydrogens is 324 g/mol. The Balaban J connectivity index is 2.21. The molecule has 3 amide bonds. The maximum Gasteiger partial charge on any atom is 0.349 e. The van der Waals surface area contributed by atoms with Crippen LogP contribution >= 0.6 is 0 Å². The highest BCUT2D eigenvalue weighted by molar-refractivity contribution is 6.01. The van der Waals surface area contributed by atoms with Gasteiger partial charge >= 0.3 is 12.0 Å². The van der Waals surface area contributed by atoms with E-state index in [1.54, 1.807) is 20.8 Å². The Hall–Kier alpha value is -2.57. The van der Waals surface area contributed by atoms with Gasteiger partial charge in [0.2, 0.25) is 5.91 Å². The van der Waals surface area contributed by atoms with Gasteiger partial charge in [-0.2, -0.15) is 0 Å². The lowest BCUT2D eigenvalue weighted by Crippen LogP contribution is -2.40. The molecule has 1 aromatic rings. The van der Waals surface area contributed by atoms with Crippen LogP contribution in [0.5, 0.6) is 5.75 Å². The quantitative estimate of drug-likeness (QED) is 0.628.